The van der Waals surface area contributed by atoms with Crippen LogP contribution in [0.25, 0.3) is 11.0 Å². The van der Waals surface area contributed by atoms with Gasteiger partial charge in [0.25, 0.3) is 5.91 Å². The smallest absolute Gasteiger partial charge is 0.258 e. The van der Waals surface area contributed by atoms with Crippen molar-refractivity contribution in [3.63, 3.8) is 0 Å². The predicted octanol–water partition coefficient (Wildman–Crippen LogP) is 3.61. The van der Waals surface area contributed by atoms with Crippen LogP contribution in [0.5, 0.6) is 5.75 Å². The molecule has 1 saturated heterocycles. The summed E-state index contributed by atoms with van der Waals surface area (Å²) >= 11 is 0. The number of carbonyl (C=O) groups is 1. The van der Waals surface area contributed by atoms with E-state index in [0.717, 1.165) is 50.4 Å². The average Bonchev–Trinajstić information content (AvgIpc) is 3.12. The number of aromatic nitrogens is 2. The first-order valence-corrected chi connectivity index (χ1v) is 10.4. The van der Waals surface area contributed by atoms with E-state index in [4.69, 9.17) is 9.72 Å². The highest BCUT2D eigenvalue weighted by molar-refractivity contribution is 5.79. The van der Waals surface area contributed by atoms with Crippen molar-refractivity contribution >= 4 is 22.9 Å². The van der Waals surface area contributed by atoms with Crippen LogP contribution >= 0.6 is 0 Å². The molecule has 4 rings (SSSR count). The summed E-state index contributed by atoms with van der Waals surface area (Å²) in [7, 11) is 0. The SMILES string of the molecule is CCCn1c(N2CCC(NC(=O)COc3ccccc3)CC2)nc2ccccc21. The molecule has 0 unspecified atom stereocenters. The van der Waals surface area contributed by atoms with Gasteiger partial charge < -0.3 is 19.5 Å². The largest absolute Gasteiger partial charge is 0.484 e. The number of nitrogens with zero attached hydrogens (tertiary/aromatic N) is 3. The Morgan fingerprint density at radius 2 is 1.83 bits per heavy atom. The Bertz CT molecular complexity index is 946. The number of piperidine rings is 1. The van der Waals surface area contributed by atoms with Gasteiger partial charge in [0.1, 0.15) is 5.75 Å². The molecule has 1 N–H and O–H groups in total. The molecule has 0 aliphatic carbocycles. The Hall–Kier alpha value is -3.02. The summed E-state index contributed by atoms with van der Waals surface area (Å²) in [6.07, 6.45) is 2.89. The van der Waals surface area contributed by atoms with Gasteiger partial charge in [0.05, 0.1) is 11.0 Å². The van der Waals surface area contributed by atoms with Crippen LogP contribution in [0.1, 0.15) is 26.2 Å². The van der Waals surface area contributed by atoms with Crippen LogP contribution in [-0.2, 0) is 11.3 Å². The first-order chi connectivity index (χ1) is 14.2. The molecule has 1 amide bonds. The maximum Gasteiger partial charge on any atom is 0.258 e. The fourth-order valence-electron chi connectivity index (χ4n) is 3.91. The Morgan fingerprint density at radius 1 is 1.10 bits per heavy atom. The third kappa shape index (κ3) is 4.53. The van der Waals surface area contributed by atoms with Crippen molar-refractivity contribution in [2.45, 2.75) is 38.8 Å². The molecular formula is C23H28N4O2. The van der Waals surface area contributed by atoms with Crippen LogP contribution in [0.15, 0.2) is 54.6 Å². The van der Waals surface area contributed by atoms with Gasteiger partial charge in [-0.2, -0.15) is 0 Å². The minimum Gasteiger partial charge on any atom is -0.484 e. The summed E-state index contributed by atoms with van der Waals surface area (Å²) in [5.41, 5.74) is 2.24. The van der Waals surface area contributed by atoms with E-state index in [1.807, 2.05) is 36.4 Å². The molecule has 1 aliphatic rings. The second kappa shape index (κ2) is 8.99. The van der Waals surface area contributed by atoms with Crippen LogP contribution in [0.2, 0.25) is 0 Å². The van der Waals surface area contributed by atoms with Gasteiger partial charge >= 0.3 is 0 Å². The van der Waals surface area contributed by atoms with E-state index in [2.05, 4.69) is 39.9 Å². The molecule has 1 fully saturated rings. The Kier molecular flexibility index (Phi) is 5.98. The van der Waals surface area contributed by atoms with Crippen LogP contribution in [0.4, 0.5) is 5.95 Å². The van der Waals surface area contributed by atoms with Crippen LogP contribution in [-0.4, -0.2) is 41.2 Å². The minimum atomic E-state index is -0.0643. The maximum absolute atomic E-state index is 12.2. The summed E-state index contributed by atoms with van der Waals surface area (Å²) in [6, 6.07) is 17.9. The summed E-state index contributed by atoms with van der Waals surface area (Å²) < 4.78 is 7.86. The highest BCUT2D eigenvalue weighted by Crippen LogP contribution is 2.25. The van der Waals surface area contributed by atoms with E-state index in [0.29, 0.717) is 5.75 Å². The number of amides is 1. The second-order valence-corrected chi connectivity index (χ2v) is 7.48. The van der Waals surface area contributed by atoms with Gasteiger partial charge in [-0.1, -0.05) is 37.3 Å². The van der Waals surface area contributed by atoms with Gasteiger partial charge in [-0.05, 0) is 43.5 Å². The standard InChI is InChI=1S/C23H28N4O2/c1-2-14-27-21-11-7-6-10-20(21)25-23(27)26-15-12-18(13-16-26)24-22(28)17-29-19-8-4-3-5-9-19/h3-11,18H,2,12-17H2,1H3,(H,24,28). The molecule has 2 aromatic carbocycles. The predicted molar refractivity (Wildman–Crippen MR) is 115 cm³/mol. The highest BCUT2D eigenvalue weighted by Gasteiger charge is 2.24. The van der Waals surface area contributed by atoms with Gasteiger partial charge in [-0.25, -0.2) is 4.98 Å². The zero-order chi connectivity index (χ0) is 20.1. The first kappa shape index (κ1) is 19.3. The normalized spacial score (nSPS) is 14.9. The Morgan fingerprint density at radius 3 is 2.59 bits per heavy atom. The molecule has 6 nitrogen and oxygen atoms in total. The number of aryl methyl sites for hydroxylation is 1. The monoisotopic (exact) mass is 392 g/mol. The lowest BCUT2D eigenvalue weighted by molar-refractivity contribution is -0.123. The van der Waals surface area contributed by atoms with Gasteiger partial charge in [-0.3, -0.25) is 4.79 Å². The van der Waals surface area contributed by atoms with E-state index < -0.39 is 0 Å². The number of para-hydroxylation sites is 3. The summed E-state index contributed by atoms with van der Waals surface area (Å²) in [5.74, 6) is 1.70. The zero-order valence-electron chi connectivity index (χ0n) is 16.9. The molecule has 152 valence electrons. The fourth-order valence-corrected chi connectivity index (χ4v) is 3.91. The third-order valence-corrected chi connectivity index (χ3v) is 5.34. The number of carbonyl (C=O) groups excluding carboxylic acids is 1. The van der Waals surface area contributed by atoms with Crippen LogP contribution < -0.4 is 15.0 Å². The lowest BCUT2D eigenvalue weighted by atomic mass is 10.1. The molecule has 1 aromatic heterocycles. The summed E-state index contributed by atoms with van der Waals surface area (Å²) in [4.78, 5) is 19.5. The molecule has 0 bridgehead atoms. The molecule has 0 radical (unpaired) electrons. The number of benzene rings is 2. The van der Waals surface area contributed by atoms with Crippen molar-refractivity contribution in [1.29, 1.82) is 0 Å². The third-order valence-electron chi connectivity index (χ3n) is 5.34. The van der Waals surface area contributed by atoms with E-state index >= 15 is 0 Å². The summed E-state index contributed by atoms with van der Waals surface area (Å²) in [5, 5.41) is 3.11. The molecule has 6 heteroatoms. The topological polar surface area (TPSA) is 59.4 Å². The molecule has 0 saturated carbocycles. The number of hydrogen-bond acceptors (Lipinski definition) is 4. The van der Waals surface area contributed by atoms with Crippen molar-refractivity contribution in [3.05, 3.63) is 54.6 Å². The molecular weight excluding hydrogens is 364 g/mol. The number of nitrogens with one attached hydrogen (secondary N) is 1. The number of anilines is 1. The van der Waals surface area contributed by atoms with Gasteiger partial charge in [0, 0.05) is 25.7 Å². The van der Waals surface area contributed by atoms with Crippen LogP contribution in [0.3, 0.4) is 0 Å². The molecule has 1 aliphatic heterocycles. The minimum absolute atomic E-state index is 0.0521. The zero-order valence-corrected chi connectivity index (χ0v) is 16.9. The number of hydrogen-bond donors (Lipinski definition) is 1. The van der Waals surface area contributed by atoms with Crippen molar-refractivity contribution in [2.75, 3.05) is 24.6 Å². The average molecular weight is 393 g/mol. The number of fused-ring (bicyclic) bond motifs is 1. The van der Waals surface area contributed by atoms with E-state index in [1.165, 1.54) is 5.52 Å². The molecule has 3 aromatic rings. The van der Waals surface area contributed by atoms with E-state index in [9.17, 15) is 4.79 Å². The van der Waals surface area contributed by atoms with Crippen molar-refractivity contribution < 1.29 is 9.53 Å². The van der Waals surface area contributed by atoms with Crippen LogP contribution in [0, 0.1) is 0 Å². The van der Waals surface area contributed by atoms with E-state index in [-0.39, 0.29) is 18.6 Å². The molecule has 0 atom stereocenters. The Labute approximate surface area is 171 Å². The van der Waals surface area contributed by atoms with Crippen molar-refractivity contribution in [2.24, 2.45) is 0 Å². The number of ether oxygens (including phenoxy) is 1. The second-order valence-electron chi connectivity index (χ2n) is 7.48. The molecule has 0 spiro atoms. The van der Waals surface area contributed by atoms with E-state index in [1.54, 1.807) is 0 Å². The first-order valence-electron chi connectivity index (χ1n) is 10.4. The highest BCUT2D eigenvalue weighted by atomic mass is 16.5. The fraction of sp³-hybridized carbons (Fsp3) is 0.391. The van der Waals surface area contributed by atoms with Gasteiger partial charge in [-0.15, -0.1) is 0 Å². The number of rotatable bonds is 7. The lowest BCUT2D eigenvalue weighted by Crippen LogP contribution is -2.46. The van der Waals surface area contributed by atoms with Gasteiger partial charge in [0.2, 0.25) is 5.95 Å². The van der Waals surface area contributed by atoms with Gasteiger partial charge in [0.15, 0.2) is 6.61 Å². The molecule has 2 heterocycles. The summed E-state index contributed by atoms with van der Waals surface area (Å²) in [6.45, 7) is 4.98. The van der Waals surface area contributed by atoms with Crippen molar-refractivity contribution in [1.82, 2.24) is 14.9 Å². The quantitative estimate of drug-likeness (QED) is 0.667. The Balaban J connectivity index is 1.33. The molecule has 29 heavy (non-hydrogen) atoms. The number of imidazole rings is 1. The van der Waals surface area contributed by atoms with Crippen molar-refractivity contribution in [3.8, 4) is 5.75 Å². The maximum atomic E-state index is 12.2. The lowest BCUT2D eigenvalue weighted by Gasteiger charge is -2.33.